The summed E-state index contributed by atoms with van der Waals surface area (Å²) in [6.45, 7) is -0.383. The van der Waals surface area contributed by atoms with E-state index in [0.29, 0.717) is 34.1 Å². The van der Waals surface area contributed by atoms with Gasteiger partial charge in [-0.05, 0) is 73.4 Å². The lowest BCUT2D eigenvalue weighted by molar-refractivity contribution is -0.144. The number of Topliss-reactive ketones (excluding diaryl/α,β-unsaturated/α-hetero) is 1. The minimum atomic E-state index is -0.609. The monoisotopic (exact) mass is 493 g/mol. The highest BCUT2D eigenvalue weighted by molar-refractivity contribution is 6.31. The van der Waals surface area contributed by atoms with E-state index in [1.54, 1.807) is 48.7 Å². The van der Waals surface area contributed by atoms with Gasteiger partial charge in [0.15, 0.2) is 12.4 Å². The molecule has 35 heavy (non-hydrogen) atoms. The highest BCUT2D eigenvalue weighted by Gasteiger charge is 2.30. The topological polar surface area (TPSA) is 121 Å². The number of nitrogen functional groups attached to an aromatic ring is 1. The largest absolute Gasteiger partial charge is 0.457 e. The van der Waals surface area contributed by atoms with Crippen LogP contribution in [0.4, 0.5) is 16.2 Å². The molecule has 0 fully saturated rings. The van der Waals surface area contributed by atoms with Crippen molar-refractivity contribution in [2.45, 2.75) is 25.2 Å². The Kier molecular flexibility index (Phi) is 7.31. The summed E-state index contributed by atoms with van der Waals surface area (Å²) < 4.78 is 9.89. The van der Waals surface area contributed by atoms with Gasteiger partial charge >= 0.3 is 12.1 Å². The predicted molar refractivity (Wildman–Crippen MR) is 133 cm³/mol. The van der Waals surface area contributed by atoms with Crippen LogP contribution in [0.15, 0.2) is 54.7 Å². The average molecular weight is 494 g/mol. The third kappa shape index (κ3) is 5.60. The molecule has 0 bridgehead atoms. The van der Waals surface area contributed by atoms with Crippen molar-refractivity contribution >= 4 is 40.8 Å². The first kappa shape index (κ1) is 24.2. The van der Waals surface area contributed by atoms with E-state index in [2.05, 4.69) is 15.0 Å². The Labute approximate surface area is 207 Å². The molecule has 1 unspecified atom stereocenters. The van der Waals surface area contributed by atoms with Crippen LogP contribution in [0.3, 0.4) is 0 Å². The number of fused-ring (bicyclic) bond motifs is 1. The van der Waals surface area contributed by atoms with Crippen LogP contribution in [-0.2, 0) is 20.7 Å². The lowest BCUT2D eigenvalue weighted by Gasteiger charge is -2.23. The predicted octanol–water partition coefficient (Wildman–Crippen LogP) is 5.01. The molecule has 180 valence electrons. The molecule has 1 aliphatic carbocycles. The quantitative estimate of drug-likeness (QED) is 0.281. The maximum atomic E-state index is 12.8. The number of halogens is 1. The van der Waals surface area contributed by atoms with Gasteiger partial charge in [0.1, 0.15) is 0 Å². The van der Waals surface area contributed by atoms with E-state index in [4.69, 9.17) is 22.1 Å². The molecule has 1 aromatic heterocycles. The van der Waals surface area contributed by atoms with Crippen LogP contribution in [0.25, 0.3) is 11.1 Å². The fraction of sp³-hybridized carbons (Fsp3) is 0.231. The minimum absolute atomic E-state index is 0.348. The molecular weight excluding hydrogens is 470 g/mol. The van der Waals surface area contributed by atoms with Gasteiger partial charge in [-0.3, -0.25) is 19.9 Å². The fourth-order valence-electron chi connectivity index (χ4n) is 4.05. The highest BCUT2D eigenvalue weighted by Crippen LogP contribution is 2.35. The normalized spacial score (nSPS) is 14.5. The molecular formula is C26H24ClN3O5. The zero-order chi connectivity index (χ0) is 24.9. The molecule has 2 aromatic carbocycles. The summed E-state index contributed by atoms with van der Waals surface area (Å²) in [5.41, 5.74) is 10.8. The van der Waals surface area contributed by atoms with Crippen LogP contribution in [0.1, 0.15) is 40.4 Å². The number of aryl methyl sites for hydroxylation is 1. The molecule has 1 amide bonds. The first-order chi connectivity index (χ1) is 16.9. The minimum Gasteiger partial charge on any atom is -0.457 e. The second-order valence-electron chi connectivity index (χ2n) is 8.17. The third-order valence-corrected chi connectivity index (χ3v) is 6.10. The summed E-state index contributed by atoms with van der Waals surface area (Å²) in [6, 6.07) is 13.5. The number of rotatable bonds is 6. The molecule has 9 heteroatoms. The summed E-state index contributed by atoms with van der Waals surface area (Å²) in [5, 5.41) is 3.08. The van der Waals surface area contributed by atoms with Gasteiger partial charge in [-0.1, -0.05) is 11.6 Å². The number of hydrogen-bond donors (Lipinski definition) is 2. The number of anilines is 2. The lowest BCUT2D eigenvalue weighted by atomic mass is 9.85. The Balaban J connectivity index is 1.42. The summed E-state index contributed by atoms with van der Waals surface area (Å²) in [7, 11) is 1.26. The van der Waals surface area contributed by atoms with Crippen molar-refractivity contribution in [3.8, 4) is 11.1 Å². The van der Waals surface area contributed by atoms with Crippen LogP contribution in [0.5, 0.6) is 0 Å². The number of hydrogen-bond acceptors (Lipinski definition) is 7. The van der Waals surface area contributed by atoms with Crippen LogP contribution in [-0.4, -0.2) is 36.5 Å². The van der Waals surface area contributed by atoms with E-state index >= 15 is 0 Å². The van der Waals surface area contributed by atoms with Crippen LogP contribution in [0, 0.1) is 0 Å². The van der Waals surface area contributed by atoms with E-state index in [1.807, 2.05) is 6.07 Å². The van der Waals surface area contributed by atoms with Gasteiger partial charge in [0.25, 0.3) is 0 Å². The molecule has 8 nitrogen and oxygen atoms in total. The van der Waals surface area contributed by atoms with Crippen molar-refractivity contribution in [1.82, 2.24) is 4.98 Å². The Hall–Kier alpha value is -3.91. The number of ketones is 1. The van der Waals surface area contributed by atoms with Crippen molar-refractivity contribution in [2.24, 2.45) is 0 Å². The zero-order valence-electron chi connectivity index (χ0n) is 19.0. The second kappa shape index (κ2) is 10.6. The number of esters is 1. The van der Waals surface area contributed by atoms with Gasteiger partial charge in [-0.2, -0.15) is 0 Å². The summed E-state index contributed by atoms with van der Waals surface area (Å²) in [4.78, 5) is 41.2. The van der Waals surface area contributed by atoms with Gasteiger partial charge in [-0.25, -0.2) is 4.79 Å². The maximum Gasteiger partial charge on any atom is 0.411 e. The third-order valence-electron chi connectivity index (χ3n) is 5.87. The Bertz CT molecular complexity index is 1280. The molecule has 1 atom stereocenters. The molecule has 1 aliphatic rings. The van der Waals surface area contributed by atoms with Gasteiger partial charge in [0.05, 0.1) is 18.7 Å². The molecule has 3 N–H and O–H groups in total. The van der Waals surface area contributed by atoms with Crippen molar-refractivity contribution < 1.29 is 23.9 Å². The standard InChI is InChI=1S/C26H24ClN3O5/c1-34-26(33)30-19-8-5-15(6-9-19)23(31)14-35-25(32)20-4-2-3-16-11-17(13-29-24(16)20)21-12-18(27)7-10-22(21)28/h5-13,20H,2-4,14,28H2,1H3,(H,30,33). The molecule has 0 radical (unpaired) electrons. The number of ether oxygens (including phenoxy) is 2. The van der Waals surface area contributed by atoms with Crippen molar-refractivity contribution in [1.29, 1.82) is 0 Å². The van der Waals surface area contributed by atoms with Crippen LogP contribution >= 0.6 is 11.6 Å². The molecule has 3 aromatic rings. The number of nitrogens with zero attached hydrogens (tertiary/aromatic N) is 1. The fourth-order valence-corrected chi connectivity index (χ4v) is 4.22. The first-order valence-electron chi connectivity index (χ1n) is 11.0. The van der Waals surface area contributed by atoms with Crippen molar-refractivity contribution in [3.05, 3.63) is 76.6 Å². The number of pyridine rings is 1. The summed E-state index contributed by atoms with van der Waals surface area (Å²) >= 11 is 6.13. The summed E-state index contributed by atoms with van der Waals surface area (Å²) in [6.07, 6.45) is 3.25. The molecule has 4 rings (SSSR count). The van der Waals surface area contributed by atoms with Crippen molar-refractivity contribution in [2.75, 3.05) is 24.8 Å². The number of amides is 1. The number of nitrogens with two attached hydrogens (primary N) is 1. The number of nitrogens with one attached hydrogen (secondary N) is 1. The summed E-state index contributed by atoms with van der Waals surface area (Å²) in [5.74, 6) is -1.37. The van der Waals surface area contributed by atoms with Gasteiger partial charge in [-0.15, -0.1) is 0 Å². The van der Waals surface area contributed by atoms with Gasteiger partial charge < -0.3 is 15.2 Å². The molecule has 0 saturated carbocycles. The number of benzene rings is 2. The number of methoxy groups -OCH3 is 1. The zero-order valence-corrected chi connectivity index (χ0v) is 19.8. The molecule has 0 aliphatic heterocycles. The second-order valence-corrected chi connectivity index (χ2v) is 8.61. The van der Waals surface area contributed by atoms with E-state index in [9.17, 15) is 14.4 Å². The van der Waals surface area contributed by atoms with E-state index < -0.39 is 18.0 Å². The van der Waals surface area contributed by atoms with E-state index in [1.165, 1.54) is 7.11 Å². The highest BCUT2D eigenvalue weighted by atomic mass is 35.5. The molecule has 0 spiro atoms. The van der Waals surface area contributed by atoms with Crippen LogP contribution in [0.2, 0.25) is 5.02 Å². The molecule has 0 saturated heterocycles. The Morgan fingerprint density at radius 3 is 2.66 bits per heavy atom. The number of aromatic nitrogens is 1. The van der Waals surface area contributed by atoms with E-state index in [-0.39, 0.29) is 12.4 Å². The SMILES string of the molecule is COC(=O)Nc1ccc(C(=O)COC(=O)C2CCCc3cc(-c4cc(Cl)ccc4N)cnc32)cc1. The lowest BCUT2D eigenvalue weighted by Crippen LogP contribution is -2.24. The first-order valence-corrected chi connectivity index (χ1v) is 11.4. The number of carbonyl (C=O) groups excluding carboxylic acids is 3. The van der Waals surface area contributed by atoms with Crippen molar-refractivity contribution in [3.63, 3.8) is 0 Å². The van der Waals surface area contributed by atoms with Gasteiger partial charge in [0.2, 0.25) is 0 Å². The maximum absolute atomic E-state index is 12.8. The molecule has 1 heterocycles. The van der Waals surface area contributed by atoms with Gasteiger partial charge in [0, 0.05) is 39.3 Å². The Morgan fingerprint density at radius 2 is 1.91 bits per heavy atom. The smallest absolute Gasteiger partial charge is 0.411 e. The average Bonchev–Trinajstić information content (AvgIpc) is 2.88. The number of carbonyl (C=O) groups is 3. The van der Waals surface area contributed by atoms with Crippen LogP contribution < -0.4 is 11.1 Å². The Morgan fingerprint density at radius 1 is 1.14 bits per heavy atom. The van der Waals surface area contributed by atoms with E-state index in [0.717, 1.165) is 29.5 Å².